The van der Waals surface area contributed by atoms with E-state index >= 15 is 0 Å². The number of likely N-dealkylation sites (N-methyl/N-ethyl adjacent to an activating group) is 1. The average molecular weight is 179 g/mol. The summed E-state index contributed by atoms with van der Waals surface area (Å²) >= 11 is 0. The summed E-state index contributed by atoms with van der Waals surface area (Å²) in [6.45, 7) is 5.05. The van der Waals surface area contributed by atoms with Crippen molar-refractivity contribution in [1.82, 2.24) is 5.32 Å². The van der Waals surface area contributed by atoms with Gasteiger partial charge in [-0.15, -0.1) is 0 Å². The second-order valence-corrected chi connectivity index (χ2v) is 3.23. The third-order valence-corrected chi connectivity index (χ3v) is 2.12. The molecule has 0 saturated carbocycles. The van der Waals surface area contributed by atoms with Crippen LogP contribution in [0, 0.1) is 0 Å². The van der Waals surface area contributed by atoms with E-state index in [4.69, 9.17) is 4.74 Å². The van der Waals surface area contributed by atoms with Crippen LogP contribution in [-0.2, 0) is 4.74 Å². The van der Waals surface area contributed by atoms with Crippen molar-refractivity contribution in [1.29, 1.82) is 0 Å². The monoisotopic (exact) mass is 179 g/mol. The number of methoxy groups -OCH3 is 1. The number of hydrogen-bond donors (Lipinski definition) is 1. The van der Waals surface area contributed by atoms with Gasteiger partial charge in [-0.1, -0.05) is 6.08 Å². The normalized spacial score (nSPS) is 26.8. The van der Waals surface area contributed by atoms with E-state index in [1.54, 1.807) is 7.11 Å². The van der Waals surface area contributed by atoms with E-state index in [1.165, 1.54) is 0 Å². The summed E-state index contributed by atoms with van der Waals surface area (Å²) in [4.78, 5) is 0. The van der Waals surface area contributed by atoms with Gasteiger partial charge in [0.25, 0.3) is 0 Å². The molecule has 0 aliphatic heterocycles. The number of nitrogens with one attached hydrogen (secondary N) is 1. The van der Waals surface area contributed by atoms with Gasteiger partial charge >= 0.3 is 0 Å². The topological polar surface area (TPSA) is 21.3 Å². The number of allylic oxidation sites excluding steroid dienone is 3. The van der Waals surface area contributed by atoms with Crippen LogP contribution in [0.2, 0.25) is 0 Å². The van der Waals surface area contributed by atoms with Crippen molar-refractivity contribution in [3.8, 4) is 0 Å². The van der Waals surface area contributed by atoms with Crippen LogP contribution in [0.1, 0.15) is 13.8 Å². The molecule has 0 saturated heterocycles. The summed E-state index contributed by atoms with van der Waals surface area (Å²) in [5, 5.41) is 3.25. The van der Waals surface area contributed by atoms with Gasteiger partial charge in [0.15, 0.2) is 0 Å². The zero-order valence-corrected chi connectivity index (χ0v) is 8.50. The minimum atomic E-state index is -0.270. The fourth-order valence-corrected chi connectivity index (χ4v) is 1.17. The van der Waals surface area contributed by atoms with Crippen LogP contribution in [0.25, 0.3) is 0 Å². The van der Waals surface area contributed by atoms with Gasteiger partial charge in [-0.2, -0.15) is 0 Å². The smallest absolute Gasteiger partial charge is 0.102 e. The van der Waals surface area contributed by atoms with Gasteiger partial charge in [0, 0.05) is 19.4 Å². The van der Waals surface area contributed by atoms with E-state index in [1.807, 2.05) is 37.3 Å². The summed E-state index contributed by atoms with van der Waals surface area (Å²) in [7, 11) is 1.72. The highest BCUT2D eigenvalue weighted by Gasteiger charge is 2.15. The van der Waals surface area contributed by atoms with Gasteiger partial charge in [-0.25, -0.2) is 0 Å². The first-order chi connectivity index (χ1) is 6.20. The van der Waals surface area contributed by atoms with Crippen molar-refractivity contribution in [3.63, 3.8) is 0 Å². The van der Waals surface area contributed by atoms with Crippen molar-refractivity contribution in [3.05, 3.63) is 36.1 Å². The standard InChI is InChI=1S/C11H17NO/c1-4-12-10-6-5-8-11(2,13-3)9-7-10/h5-9,12H,4H2,1-3H3. The molecule has 2 nitrogen and oxygen atoms in total. The Bertz CT molecular complexity index is 253. The largest absolute Gasteiger partial charge is 0.385 e. The van der Waals surface area contributed by atoms with Crippen molar-refractivity contribution in [2.24, 2.45) is 0 Å². The van der Waals surface area contributed by atoms with E-state index in [-0.39, 0.29) is 5.60 Å². The summed E-state index contributed by atoms with van der Waals surface area (Å²) in [6, 6.07) is 0. The molecule has 0 bridgehead atoms. The molecule has 13 heavy (non-hydrogen) atoms. The Balaban J connectivity index is 2.74. The van der Waals surface area contributed by atoms with Gasteiger partial charge in [0.1, 0.15) is 5.60 Å². The maximum absolute atomic E-state index is 5.35. The van der Waals surface area contributed by atoms with Crippen LogP contribution in [0.15, 0.2) is 36.1 Å². The first-order valence-electron chi connectivity index (χ1n) is 4.58. The second kappa shape index (κ2) is 4.28. The van der Waals surface area contributed by atoms with Gasteiger partial charge in [0.2, 0.25) is 0 Å². The van der Waals surface area contributed by atoms with Crippen molar-refractivity contribution >= 4 is 0 Å². The van der Waals surface area contributed by atoms with E-state index < -0.39 is 0 Å². The Kier molecular flexibility index (Phi) is 3.32. The molecule has 0 aromatic heterocycles. The molecule has 1 aliphatic carbocycles. The zero-order valence-electron chi connectivity index (χ0n) is 8.50. The molecule has 0 fully saturated rings. The van der Waals surface area contributed by atoms with Crippen molar-refractivity contribution in [2.45, 2.75) is 19.4 Å². The minimum Gasteiger partial charge on any atom is -0.385 e. The van der Waals surface area contributed by atoms with Crippen molar-refractivity contribution in [2.75, 3.05) is 13.7 Å². The lowest BCUT2D eigenvalue weighted by molar-refractivity contribution is 0.0908. The second-order valence-electron chi connectivity index (χ2n) is 3.23. The molecule has 1 N–H and O–H groups in total. The first kappa shape index (κ1) is 10.1. The minimum absolute atomic E-state index is 0.270. The van der Waals surface area contributed by atoms with Crippen LogP contribution in [0.3, 0.4) is 0 Å². The molecule has 0 spiro atoms. The third-order valence-electron chi connectivity index (χ3n) is 2.12. The molecule has 0 radical (unpaired) electrons. The Labute approximate surface area is 80.0 Å². The highest BCUT2D eigenvalue weighted by Crippen LogP contribution is 2.16. The van der Waals surface area contributed by atoms with Gasteiger partial charge in [-0.3, -0.25) is 0 Å². The predicted molar refractivity (Wildman–Crippen MR) is 55.5 cm³/mol. The molecule has 1 aliphatic rings. The van der Waals surface area contributed by atoms with E-state index in [0.717, 1.165) is 12.2 Å². The summed E-state index contributed by atoms with van der Waals surface area (Å²) in [5.74, 6) is 0. The molecular weight excluding hydrogens is 162 g/mol. The number of hydrogen-bond acceptors (Lipinski definition) is 2. The van der Waals surface area contributed by atoms with Gasteiger partial charge in [0.05, 0.1) is 0 Å². The molecule has 0 aromatic rings. The molecule has 1 rings (SSSR count). The molecule has 1 atom stereocenters. The summed E-state index contributed by atoms with van der Waals surface area (Å²) in [5.41, 5.74) is 0.854. The molecular formula is C11H17NO. The number of rotatable bonds is 3. The van der Waals surface area contributed by atoms with Crippen LogP contribution in [-0.4, -0.2) is 19.3 Å². The van der Waals surface area contributed by atoms with Crippen LogP contribution in [0.4, 0.5) is 0 Å². The molecule has 0 amide bonds. The number of ether oxygens (including phenoxy) is 1. The lowest BCUT2D eigenvalue weighted by Crippen LogP contribution is -2.20. The fourth-order valence-electron chi connectivity index (χ4n) is 1.17. The quantitative estimate of drug-likeness (QED) is 0.715. The Hall–Kier alpha value is -1.02. The van der Waals surface area contributed by atoms with E-state index in [2.05, 4.69) is 12.2 Å². The Morgan fingerprint density at radius 3 is 2.85 bits per heavy atom. The van der Waals surface area contributed by atoms with Crippen LogP contribution >= 0.6 is 0 Å². The SMILES string of the molecule is CCNC1=CC=CC(C)(OC)C=C1. The maximum Gasteiger partial charge on any atom is 0.102 e. The van der Waals surface area contributed by atoms with Gasteiger partial charge < -0.3 is 10.1 Å². The fraction of sp³-hybridized carbons (Fsp3) is 0.455. The highest BCUT2D eigenvalue weighted by atomic mass is 16.5. The first-order valence-corrected chi connectivity index (χ1v) is 4.58. The molecule has 2 heteroatoms. The van der Waals surface area contributed by atoms with E-state index in [9.17, 15) is 0 Å². The third kappa shape index (κ3) is 2.74. The average Bonchev–Trinajstić information content (AvgIpc) is 2.31. The molecule has 0 aromatic carbocycles. The molecule has 72 valence electrons. The molecule has 1 unspecified atom stereocenters. The maximum atomic E-state index is 5.35. The zero-order chi connectivity index (χ0) is 9.73. The van der Waals surface area contributed by atoms with Gasteiger partial charge in [-0.05, 0) is 38.2 Å². The highest BCUT2D eigenvalue weighted by molar-refractivity contribution is 5.31. The van der Waals surface area contributed by atoms with Crippen LogP contribution in [0.5, 0.6) is 0 Å². The van der Waals surface area contributed by atoms with Crippen molar-refractivity contribution < 1.29 is 4.74 Å². The Morgan fingerprint density at radius 2 is 2.23 bits per heavy atom. The summed E-state index contributed by atoms with van der Waals surface area (Å²) < 4.78 is 5.35. The lowest BCUT2D eigenvalue weighted by atomic mass is 10.1. The Morgan fingerprint density at radius 1 is 1.46 bits per heavy atom. The molecule has 0 heterocycles. The van der Waals surface area contributed by atoms with Crippen LogP contribution < -0.4 is 5.32 Å². The van der Waals surface area contributed by atoms with E-state index in [0.29, 0.717) is 0 Å². The summed E-state index contributed by atoms with van der Waals surface area (Å²) in [6.07, 6.45) is 10.2. The lowest BCUT2D eigenvalue weighted by Gasteiger charge is -2.18. The predicted octanol–water partition coefficient (Wildman–Crippen LogP) is 2.01.